The highest BCUT2D eigenvalue weighted by atomic mass is 16.3. The Hall–Kier alpha value is -1.26. The largest absolute Gasteiger partial charge is 0.393 e. The molecule has 4 rings (SSSR count). The van der Waals surface area contributed by atoms with Crippen LogP contribution in [-0.4, -0.2) is 33.5 Å². The number of aliphatic hydroxyl groups is 2. The molecule has 7 atom stereocenters. The maximum Gasteiger partial charge on any atom is 0.178 e. The van der Waals surface area contributed by atoms with Crippen molar-refractivity contribution in [1.82, 2.24) is 0 Å². The third kappa shape index (κ3) is 2.56. The molecule has 0 aromatic carbocycles. The van der Waals surface area contributed by atoms with Crippen molar-refractivity contribution in [2.45, 2.75) is 77.9 Å². The van der Waals surface area contributed by atoms with Crippen LogP contribution in [0.15, 0.2) is 23.8 Å². The highest BCUT2D eigenvalue weighted by molar-refractivity contribution is 6.01. The molecule has 0 aromatic rings. The van der Waals surface area contributed by atoms with Crippen LogP contribution in [0.1, 0.15) is 66.2 Å². The third-order valence-electron chi connectivity index (χ3n) is 8.70. The molecule has 4 aliphatic rings. The number of carbonyl (C=O) groups is 2. The Bertz CT molecular complexity index is 765. The Kier molecular flexibility index (Phi) is 4.56. The molecule has 0 radical (unpaired) electrons. The first-order valence-corrected chi connectivity index (χ1v) is 10.9. The Morgan fingerprint density at radius 3 is 2.68 bits per heavy atom. The van der Waals surface area contributed by atoms with Crippen LogP contribution < -0.4 is 0 Å². The first kappa shape index (κ1) is 20.0. The standard InChI is InChI=1S/C24H34O4/c1-14(2)11-20(27)24(28)10-8-18-17-6-5-15-12-16(25)7-9-22(15,3)21(17)19(26)13-23(18,24)4/h7,9,12,14,17-19,21,26,28H,5-6,8,10-11,13H2,1-4H3. The van der Waals surface area contributed by atoms with Gasteiger partial charge in [-0.2, -0.15) is 0 Å². The summed E-state index contributed by atoms with van der Waals surface area (Å²) in [5, 5.41) is 22.9. The second-order valence-electron chi connectivity index (χ2n) is 10.6. The highest BCUT2D eigenvalue weighted by Crippen LogP contribution is 2.67. The topological polar surface area (TPSA) is 74.6 Å². The van der Waals surface area contributed by atoms with Crippen molar-refractivity contribution in [2.75, 3.05) is 0 Å². The van der Waals surface area contributed by atoms with E-state index in [1.54, 1.807) is 12.2 Å². The smallest absolute Gasteiger partial charge is 0.178 e. The number of allylic oxidation sites excluding steroid dienone is 4. The van der Waals surface area contributed by atoms with Gasteiger partial charge in [-0.15, -0.1) is 0 Å². The van der Waals surface area contributed by atoms with Gasteiger partial charge in [0.1, 0.15) is 5.60 Å². The van der Waals surface area contributed by atoms with Crippen molar-refractivity contribution in [2.24, 2.45) is 34.5 Å². The van der Waals surface area contributed by atoms with Gasteiger partial charge in [-0.25, -0.2) is 0 Å². The van der Waals surface area contributed by atoms with Gasteiger partial charge in [0.05, 0.1) is 6.10 Å². The molecule has 0 aromatic heterocycles. The van der Waals surface area contributed by atoms with Crippen LogP contribution in [0, 0.1) is 34.5 Å². The highest BCUT2D eigenvalue weighted by Gasteiger charge is 2.67. The number of aliphatic hydroxyl groups excluding tert-OH is 1. The van der Waals surface area contributed by atoms with E-state index in [1.165, 1.54) is 0 Å². The van der Waals surface area contributed by atoms with Crippen molar-refractivity contribution in [1.29, 1.82) is 0 Å². The minimum absolute atomic E-state index is 0.0376. The molecule has 154 valence electrons. The summed E-state index contributed by atoms with van der Waals surface area (Å²) in [5.41, 5.74) is -1.08. The van der Waals surface area contributed by atoms with Gasteiger partial charge in [0.25, 0.3) is 0 Å². The fourth-order valence-corrected chi connectivity index (χ4v) is 7.33. The third-order valence-corrected chi connectivity index (χ3v) is 8.70. The predicted molar refractivity (Wildman–Crippen MR) is 107 cm³/mol. The van der Waals surface area contributed by atoms with E-state index in [9.17, 15) is 19.8 Å². The fraction of sp³-hybridized carbons (Fsp3) is 0.750. The molecule has 2 N–H and O–H groups in total. The number of hydrogen-bond acceptors (Lipinski definition) is 4. The van der Waals surface area contributed by atoms with Crippen LogP contribution >= 0.6 is 0 Å². The van der Waals surface area contributed by atoms with Gasteiger partial charge < -0.3 is 10.2 Å². The summed E-state index contributed by atoms with van der Waals surface area (Å²) < 4.78 is 0. The second kappa shape index (κ2) is 6.37. The monoisotopic (exact) mass is 386 g/mol. The maximum atomic E-state index is 13.0. The van der Waals surface area contributed by atoms with Crippen LogP contribution in [0.25, 0.3) is 0 Å². The molecule has 0 saturated heterocycles. The Morgan fingerprint density at radius 2 is 2.00 bits per heavy atom. The first-order valence-electron chi connectivity index (χ1n) is 10.9. The molecule has 4 nitrogen and oxygen atoms in total. The minimum Gasteiger partial charge on any atom is -0.393 e. The van der Waals surface area contributed by atoms with Gasteiger partial charge >= 0.3 is 0 Å². The zero-order chi connectivity index (χ0) is 20.5. The van der Waals surface area contributed by atoms with Crippen molar-refractivity contribution in [3.63, 3.8) is 0 Å². The molecule has 3 saturated carbocycles. The summed E-state index contributed by atoms with van der Waals surface area (Å²) in [5.74, 6) is 0.727. The quantitative estimate of drug-likeness (QED) is 0.777. The lowest BCUT2D eigenvalue weighted by molar-refractivity contribution is -0.177. The molecule has 3 fully saturated rings. The molecular weight excluding hydrogens is 352 g/mol. The van der Waals surface area contributed by atoms with Crippen LogP contribution in [0.5, 0.6) is 0 Å². The summed E-state index contributed by atoms with van der Waals surface area (Å²) in [6.45, 7) is 8.20. The average molecular weight is 387 g/mol. The fourth-order valence-electron chi connectivity index (χ4n) is 7.33. The van der Waals surface area contributed by atoms with Crippen LogP contribution in [0.2, 0.25) is 0 Å². The van der Waals surface area contributed by atoms with Gasteiger partial charge in [-0.1, -0.05) is 39.3 Å². The van der Waals surface area contributed by atoms with E-state index in [0.29, 0.717) is 19.3 Å². The Balaban J connectivity index is 1.70. The Morgan fingerprint density at radius 1 is 1.29 bits per heavy atom. The van der Waals surface area contributed by atoms with Crippen LogP contribution in [-0.2, 0) is 9.59 Å². The summed E-state index contributed by atoms with van der Waals surface area (Å²) in [7, 11) is 0. The lowest BCUT2D eigenvalue weighted by Gasteiger charge is -2.59. The molecule has 7 unspecified atom stereocenters. The number of fused-ring (bicyclic) bond motifs is 5. The van der Waals surface area contributed by atoms with Gasteiger partial charge in [0.2, 0.25) is 0 Å². The molecule has 4 aliphatic carbocycles. The number of rotatable bonds is 3. The summed E-state index contributed by atoms with van der Waals surface area (Å²) in [6.07, 6.45) is 8.75. The summed E-state index contributed by atoms with van der Waals surface area (Å²) in [4.78, 5) is 24.9. The van der Waals surface area contributed by atoms with Gasteiger partial charge in [0, 0.05) is 23.2 Å². The van der Waals surface area contributed by atoms with Crippen molar-refractivity contribution >= 4 is 11.6 Å². The van der Waals surface area contributed by atoms with Crippen LogP contribution in [0.3, 0.4) is 0 Å². The molecule has 0 heterocycles. The average Bonchev–Trinajstić information content (AvgIpc) is 2.87. The van der Waals surface area contributed by atoms with E-state index in [2.05, 4.69) is 6.92 Å². The van der Waals surface area contributed by atoms with Crippen molar-refractivity contribution in [3.05, 3.63) is 23.8 Å². The van der Waals surface area contributed by atoms with E-state index >= 15 is 0 Å². The molecule has 4 heteroatoms. The summed E-state index contributed by atoms with van der Waals surface area (Å²) >= 11 is 0. The van der Waals surface area contributed by atoms with E-state index in [0.717, 1.165) is 24.8 Å². The van der Waals surface area contributed by atoms with E-state index in [-0.39, 0.29) is 40.7 Å². The number of Topliss-reactive ketones (excluding diaryl/α,β-unsaturated/α-hetero) is 1. The molecule has 0 aliphatic heterocycles. The first-order chi connectivity index (χ1) is 13.0. The van der Waals surface area contributed by atoms with Gasteiger partial charge in [0.15, 0.2) is 11.6 Å². The SMILES string of the molecule is CC(C)CC(=O)C1(O)CCC2C3CCC4=CC(=O)C=CC4(C)C3C(O)CC21C. The van der Waals surface area contributed by atoms with E-state index < -0.39 is 17.1 Å². The van der Waals surface area contributed by atoms with Crippen molar-refractivity contribution in [3.8, 4) is 0 Å². The predicted octanol–water partition coefficient (Wildman–Crippen LogP) is 3.61. The van der Waals surface area contributed by atoms with Gasteiger partial charge in [-0.05, 0) is 62.0 Å². The second-order valence-corrected chi connectivity index (χ2v) is 10.6. The number of ketones is 2. The lowest BCUT2D eigenvalue weighted by Crippen LogP contribution is -2.61. The molecule has 28 heavy (non-hydrogen) atoms. The molecule has 0 bridgehead atoms. The number of hydrogen-bond donors (Lipinski definition) is 2. The van der Waals surface area contributed by atoms with E-state index in [1.807, 2.05) is 26.8 Å². The molecular formula is C24H34O4. The molecule has 0 amide bonds. The van der Waals surface area contributed by atoms with E-state index in [4.69, 9.17) is 0 Å². The zero-order valence-corrected chi connectivity index (χ0v) is 17.6. The lowest BCUT2D eigenvalue weighted by atomic mass is 9.46. The summed E-state index contributed by atoms with van der Waals surface area (Å²) in [6, 6.07) is 0. The van der Waals surface area contributed by atoms with Crippen molar-refractivity contribution < 1.29 is 19.8 Å². The normalized spacial score (nSPS) is 47.4. The number of carbonyl (C=O) groups excluding carboxylic acids is 2. The Labute approximate surface area is 168 Å². The van der Waals surface area contributed by atoms with Crippen LogP contribution in [0.4, 0.5) is 0 Å². The maximum absolute atomic E-state index is 13.0. The zero-order valence-electron chi connectivity index (χ0n) is 17.6. The molecule has 0 spiro atoms. The van der Waals surface area contributed by atoms with Gasteiger partial charge in [-0.3, -0.25) is 9.59 Å². The minimum atomic E-state index is -1.33.